The molecule has 1 amide bonds. The van der Waals surface area contributed by atoms with Crippen molar-refractivity contribution in [3.63, 3.8) is 0 Å². The molecule has 2 heterocycles. The summed E-state index contributed by atoms with van der Waals surface area (Å²) in [6.45, 7) is 1.94. The molecule has 1 atom stereocenters. The highest BCUT2D eigenvalue weighted by atomic mass is 16.2. The highest BCUT2D eigenvalue weighted by Gasteiger charge is 2.36. The maximum Gasteiger partial charge on any atom is 0.223 e. The van der Waals surface area contributed by atoms with Gasteiger partial charge in [-0.15, -0.1) is 0 Å². The molecule has 2 aliphatic rings. The summed E-state index contributed by atoms with van der Waals surface area (Å²) >= 11 is 0. The Balaban J connectivity index is 1.99. The van der Waals surface area contributed by atoms with Crippen LogP contribution in [0.15, 0.2) is 4.99 Å². The molecule has 2 rings (SSSR count). The fraction of sp³-hybridized carbons (Fsp3) is 0.667. The number of fused-ring (bicyclic) bond motifs is 1. The largest absolute Gasteiger partial charge is 0.370 e. The lowest BCUT2D eigenvalue weighted by molar-refractivity contribution is -0.130. The normalized spacial score (nSPS) is 24.2. The summed E-state index contributed by atoms with van der Waals surface area (Å²) in [6, 6.07) is 0.218. The number of nitrogens with zero attached hydrogens (tertiary/aromatic N) is 3. The van der Waals surface area contributed by atoms with Gasteiger partial charge in [0.15, 0.2) is 5.96 Å². The third-order valence-corrected chi connectivity index (χ3v) is 3.03. The van der Waals surface area contributed by atoms with Crippen molar-refractivity contribution < 1.29 is 4.79 Å². The second-order valence-electron chi connectivity index (χ2n) is 4.09. The van der Waals surface area contributed by atoms with Crippen LogP contribution in [-0.2, 0) is 4.79 Å². The second kappa shape index (κ2) is 3.99. The quantitative estimate of drug-likeness (QED) is 0.343. The Hall–Kier alpha value is -1.79. The van der Waals surface area contributed by atoms with Crippen LogP contribution < -0.4 is 11.5 Å². The molecule has 2 fully saturated rings. The van der Waals surface area contributed by atoms with E-state index in [4.69, 9.17) is 16.9 Å². The molecular formula is C9H16N6O. The van der Waals surface area contributed by atoms with Crippen molar-refractivity contribution in [2.24, 2.45) is 16.5 Å². The van der Waals surface area contributed by atoms with Crippen LogP contribution in [-0.4, -0.2) is 53.3 Å². The summed E-state index contributed by atoms with van der Waals surface area (Å²) in [5.74, 6) is 0.201. The lowest BCUT2D eigenvalue weighted by Gasteiger charge is -2.37. The summed E-state index contributed by atoms with van der Waals surface area (Å²) in [5.41, 5.74) is 10.4. The van der Waals surface area contributed by atoms with E-state index in [0.717, 1.165) is 6.42 Å². The number of nitrogens with one attached hydrogen (secondary N) is 1. The number of carbonyl (C=O) groups excluding carboxylic acids is 1. The molecule has 0 radical (unpaired) electrons. The van der Waals surface area contributed by atoms with Gasteiger partial charge < -0.3 is 21.3 Å². The number of aliphatic imine (C=N–C) groups is 1. The SMILES string of the molecule is N=C(N=C(N)N)N1CCN2C(=O)CCC2C1. The van der Waals surface area contributed by atoms with Gasteiger partial charge in [0, 0.05) is 32.1 Å². The van der Waals surface area contributed by atoms with Crippen molar-refractivity contribution in [1.29, 1.82) is 5.41 Å². The minimum Gasteiger partial charge on any atom is -0.370 e. The Morgan fingerprint density at radius 3 is 2.88 bits per heavy atom. The average Bonchev–Trinajstić information content (AvgIpc) is 2.59. The maximum absolute atomic E-state index is 11.4. The molecule has 1 unspecified atom stereocenters. The highest BCUT2D eigenvalue weighted by Crippen LogP contribution is 2.22. The second-order valence-corrected chi connectivity index (χ2v) is 4.09. The third-order valence-electron chi connectivity index (χ3n) is 3.03. The number of piperazine rings is 1. The topological polar surface area (TPSA) is 112 Å². The van der Waals surface area contributed by atoms with Gasteiger partial charge >= 0.3 is 0 Å². The van der Waals surface area contributed by atoms with Crippen LogP contribution in [0.2, 0.25) is 0 Å². The van der Waals surface area contributed by atoms with Crippen LogP contribution in [0, 0.1) is 5.41 Å². The molecule has 2 aliphatic heterocycles. The number of hydrogen-bond acceptors (Lipinski definition) is 2. The number of guanidine groups is 2. The molecule has 0 aromatic heterocycles. The number of nitrogens with two attached hydrogens (primary N) is 2. The summed E-state index contributed by atoms with van der Waals surface area (Å²) in [5, 5.41) is 7.69. The minimum absolute atomic E-state index is 0.0824. The summed E-state index contributed by atoms with van der Waals surface area (Å²) in [6.07, 6.45) is 1.48. The van der Waals surface area contributed by atoms with E-state index in [0.29, 0.717) is 26.1 Å². The average molecular weight is 224 g/mol. The van der Waals surface area contributed by atoms with Crippen LogP contribution in [0.5, 0.6) is 0 Å². The summed E-state index contributed by atoms with van der Waals surface area (Å²) < 4.78 is 0. The highest BCUT2D eigenvalue weighted by molar-refractivity contribution is 5.92. The van der Waals surface area contributed by atoms with E-state index in [1.165, 1.54) is 0 Å². The molecule has 0 saturated carbocycles. The van der Waals surface area contributed by atoms with Gasteiger partial charge in [-0.2, -0.15) is 4.99 Å². The van der Waals surface area contributed by atoms with Crippen molar-refractivity contribution in [3.8, 4) is 0 Å². The van der Waals surface area contributed by atoms with Crippen molar-refractivity contribution in [2.75, 3.05) is 19.6 Å². The summed E-state index contributed by atoms with van der Waals surface area (Å²) in [7, 11) is 0. The van der Waals surface area contributed by atoms with Gasteiger partial charge in [0.25, 0.3) is 0 Å². The van der Waals surface area contributed by atoms with Crippen molar-refractivity contribution in [1.82, 2.24) is 9.80 Å². The lowest BCUT2D eigenvalue weighted by atomic mass is 10.2. The molecule has 0 spiro atoms. The predicted molar refractivity (Wildman–Crippen MR) is 59.8 cm³/mol. The first-order valence-electron chi connectivity index (χ1n) is 5.30. The Labute approximate surface area is 93.6 Å². The first kappa shape index (κ1) is 10.7. The Morgan fingerprint density at radius 1 is 1.44 bits per heavy atom. The minimum atomic E-state index is -0.102. The van der Waals surface area contributed by atoms with Crippen molar-refractivity contribution in [2.45, 2.75) is 18.9 Å². The monoisotopic (exact) mass is 224 g/mol. The fourth-order valence-corrected chi connectivity index (χ4v) is 2.25. The summed E-state index contributed by atoms with van der Waals surface area (Å²) in [4.78, 5) is 18.9. The van der Waals surface area contributed by atoms with Crippen molar-refractivity contribution in [3.05, 3.63) is 0 Å². The molecule has 2 saturated heterocycles. The van der Waals surface area contributed by atoms with E-state index in [1.54, 1.807) is 4.90 Å². The predicted octanol–water partition coefficient (Wildman–Crippen LogP) is -1.50. The molecule has 16 heavy (non-hydrogen) atoms. The molecule has 0 aromatic rings. The van der Waals surface area contributed by atoms with E-state index >= 15 is 0 Å². The van der Waals surface area contributed by atoms with Crippen LogP contribution in [0.1, 0.15) is 12.8 Å². The van der Waals surface area contributed by atoms with E-state index in [-0.39, 0.29) is 23.9 Å². The van der Waals surface area contributed by atoms with Crippen LogP contribution in [0.25, 0.3) is 0 Å². The molecule has 5 N–H and O–H groups in total. The first-order chi connectivity index (χ1) is 7.58. The van der Waals surface area contributed by atoms with E-state index in [1.807, 2.05) is 4.90 Å². The first-order valence-corrected chi connectivity index (χ1v) is 5.30. The number of hydrogen-bond donors (Lipinski definition) is 3. The molecule has 0 aromatic carbocycles. The van der Waals surface area contributed by atoms with Crippen LogP contribution in [0.3, 0.4) is 0 Å². The molecule has 0 aliphatic carbocycles. The standard InChI is InChI=1S/C9H16N6O/c10-8(11)13-9(12)14-3-4-15-6(5-14)1-2-7(15)16/h6H,1-5H2,(H5,10,11,12,13). The van der Waals surface area contributed by atoms with Gasteiger partial charge in [-0.3, -0.25) is 10.2 Å². The van der Waals surface area contributed by atoms with Crippen molar-refractivity contribution >= 4 is 17.8 Å². The molecule has 7 nitrogen and oxygen atoms in total. The lowest BCUT2D eigenvalue weighted by Crippen LogP contribution is -2.53. The third kappa shape index (κ3) is 1.93. The van der Waals surface area contributed by atoms with Crippen LogP contribution >= 0.6 is 0 Å². The smallest absolute Gasteiger partial charge is 0.223 e. The van der Waals surface area contributed by atoms with Gasteiger partial charge in [0.1, 0.15) is 0 Å². The van der Waals surface area contributed by atoms with Gasteiger partial charge in [0.2, 0.25) is 11.9 Å². The number of rotatable bonds is 0. The van der Waals surface area contributed by atoms with Crippen LogP contribution in [0.4, 0.5) is 0 Å². The van der Waals surface area contributed by atoms with Gasteiger partial charge in [0.05, 0.1) is 0 Å². The van der Waals surface area contributed by atoms with Gasteiger partial charge in [-0.05, 0) is 6.42 Å². The fourth-order valence-electron chi connectivity index (χ4n) is 2.25. The Morgan fingerprint density at radius 2 is 2.19 bits per heavy atom. The van der Waals surface area contributed by atoms with E-state index < -0.39 is 0 Å². The molecule has 0 bridgehead atoms. The zero-order valence-corrected chi connectivity index (χ0v) is 9.02. The Bertz CT molecular complexity index is 348. The molecule has 7 heteroatoms. The van der Waals surface area contributed by atoms with E-state index in [9.17, 15) is 4.79 Å². The molecular weight excluding hydrogens is 208 g/mol. The van der Waals surface area contributed by atoms with E-state index in [2.05, 4.69) is 4.99 Å². The van der Waals surface area contributed by atoms with Gasteiger partial charge in [-0.25, -0.2) is 0 Å². The van der Waals surface area contributed by atoms with Gasteiger partial charge in [-0.1, -0.05) is 0 Å². The zero-order valence-electron chi connectivity index (χ0n) is 9.02. The number of amides is 1. The Kier molecular flexibility index (Phi) is 2.67. The maximum atomic E-state index is 11.4. The number of carbonyl (C=O) groups is 1. The molecule has 88 valence electrons. The zero-order chi connectivity index (χ0) is 11.7.